The van der Waals surface area contributed by atoms with Gasteiger partial charge >= 0.3 is 0 Å². The second-order valence-corrected chi connectivity index (χ2v) is 6.87. The van der Waals surface area contributed by atoms with Crippen molar-refractivity contribution in [3.05, 3.63) is 54.7 Å². The summed E-state index contributed by atoms with van der Waals surface area (Å²) >= 11 is 5.02. The molecule has 0 spiro atoms. The second-order valence-electron chi connectivity index (χ2n) is 4.32. The van der Waals surface area contributed by atoms with E-state index in [1.165, 1.54) is 6.07 Å². The molecule has 1 heterocycles. The first kappa shape index (κ1) is 15.9. The fraction of sp³-hybridized carbons (Fsp3) is 0.286. The van der Waals surface area contributed by atoms with Gasteiger partial charge < -0.3 is 10.1 Å². The first-order valence-corrected chi connectivity index (χ1v) is 8.06. The van der Waals surface area contributed by atoms with Gasteiger partial charge in [-0.2, -0.15) is 0 Å². The highest BCUT2D eigenvalue weighted by atomic mass is 79.9. The molecule has 0 amide bonds. The van der Waals surface area contributed by atoms with Crippen LogP contribution in [-0.4, -0.2) is 11.5 Å². The number of ether oxygens (including phenoxy) is 1. The molecule has 1 N–H and O–H groups in total. The van der Waals surface area contributed by atoms with E-state index in [-0.39, 0.29) is 5.69 Å². The molecule has 0 radical (unpaired) electrons. The summed E-state index contributed by atoms with van der Waals surface area (Å²) in [5, 5.41) is 14.0. The van der Waals surface area contributed by atoms with Crippen LogP contribution in [0, 0.1) is 10.1 Å². The fourth-order valence-corrected chi connectivity index (χ4v) is 3.19. The molecule has 0 saturated carbocycles. The number of benzene rings is 1. The van der Waals surface area contributed by atoms with Gasteiger partial charge in [-0.05, 0) is 40.7 Å². The average molecular weight is 371 g/mol. The first-order chi connectivity index (χ1) is 10.1. The zero-order chi connectivity index (χ0) is 15.2. The molecule has 5 nitrogen and oxygen atoms in total. The smallest absolute Gasteiger partial charge is 0.270 e. The van der Waals surface area contributed by atoms with Gasteiger partial charge in [-0.25, -0.2) is 0 Å². The fourth-order valence-electron chi connectivity index (χ4n) is 1.80. The third-order valence-electron chi connectivity index (χ3n) is 2.82. The van der Waals surface area contributed by atoms with E-state index in [4.69, 9.17) is 4.74 Å². The van der Waals surface area contributed by atoms with Crippen molar-refractivity contribution in [2.45, 2.75) is 20.1 Å². The second kappa shape index (κ2) is 7.53. The van der Waals surface area contributed by atoms with Gasteiger partial charge in [0.15, 0.2) is 0 Å². The topological polar surface area (TPSA) is 64.4 Å². The Bertz CT molecular complexity index is 630. The van der Waals surface area contributed by atoms with Gasteiger partial charge in [-0.3, -0.25) is 10.1 Å². The Morgan fingerprint density at radius 2 is 2.19 bits per heavy atom. The number of hydrogen-bond donors (Lipinski definition) is 1. The summed E-state index contributed by atoms with van der Waals surface area (Å²) in [5.74, 6) is 0.672. The molecular weight excluding hydrogens is 356 g/mol. The Kier molecular flexibility index (Phi) is 5.72. The maximum absolute atomic E-state index is 10.9. The summed E-state index contributed by atoms with van der Waals surface area (Å²) in [6.45, 7) is 3.77. The van der Waals surface area contributed by atoms with Crippen LogP contribution in [0.3, 0.4) is 0 Å². The third kappa shape index (κ3) is 4.52. The largest absolute Gasteiger partial charge is 0.488 e. The number of thiophene rings is 1. The van der Waals surface area contributed by atoms with E-state index in [1.807, 2.05) is 19.1 Å². The molecule has 1 aromatic heterocycles. The molecule has 7 heteroatoms. The molecule has 112 valence electrons. The summed E-state index contributed by atoms with van der Waals surface area (Å²) in [7, 11) is 0. The zero-order valence-electron chi connectivity index (χ0n) is 11.5. The summed E-state index contributed by atoms with van der Waals surface area (Å²) in [4.78, 5) is 11.6. The van der Waals surface area contributed by atoms with E-state index in [2.05, 4.69) is 21.2 Å². The normalized spacial score (nSPS) is 10.6. The Hall–Kier alpha value is -1.44. The predicted octanol–water partition coefficient (Wildman–Crippen LogP) is 4.11. The monoisotopic (exact) mass is 370 g/mol. The van der Waals surface area contributed by atoms with Crippen LogP contribution in [0.25, 0.3) is 0 Å². The molecule has 0 atom stereocenters. The predicted molar refractivity (Wildman–Crippen MR) is 86.8 cm³/mol. The number of hydrogen-bond acceptors (Lipinski definition) is 5. The number of non-ortho nitro benzene ring substituents is 1. The number of nitrogens with zero attached hydrogens (tertiary/aromatic N) is 1. The van der Waals surface area contributed by atoms with Crippen molar-refractivity contribution in [3.8, 4) is 5.75 Å². The van der Waals surface area contributed by atoms with Gasteiger partial charge in [0.25, 0.3) is 5.69 Å². The van der Waals surface area contributed by atoms with E-state index in [0.29, 0.717) is 18.9 Å². The van der Waals surface area contributed by atoms with E-state index < -0.39 is 4.92 Å². The lowest BCUT2D eigenvalue weighted by molar-refractivity contribution is -0.384. The van der Waals surface area contributed by atoms with E-state index in [9.17, 15) is 10.1 Å². The van der Waals surface area contributed by atoms with Crippen LogP contribution in [0.2, 0.25) is 0 Å². The van der Waals surface area contributed by atoms with Gasteiger partial charge in [0.1, 0.15) is 12.4 Å². The lowest BCUT2D eigenvalue weighted by atomic mass is 10.1. The molecule has 2 aromatic rings. The molecule has 21 heavy (non-hydrogen) atoms. The van der Waals surface area contributed by atoms with Crippen LogP contribution in [0.5, 0.6) is 5.75 Å². The lowest BCUT2D eigenvalue weighted by Gasteiger charge is -2.11. The van der Waals surface area contributed by atoms with Crippen molar-refractivity contribution in [2.75, 3.05) is 6.54 Å². The van der Waals surface area contributed by atoms with Crippen molar-refractivity contribution < 1.29 is 9.66 Å². The van der Waals surface area contributed by atoms with Gasteiger partial charge in [0.05, 0.1) is 8.71 Å². The molecule has 0 aliphatic carbocycles. The Balaban J connectivity index is 2.14. The SMILES string of the molecule is CCNCc1cc([N+](=O)[O-])ccc1OCc1ccc(Br)s1. The molecule has 1 aromatic carbocycles. The van der Waals surface area contributed by atoms with Crippen molar-refractivity contribution in [1.29, 1.82) is 0 Å². The maximum atomic E-state index is 10.9. The molecular formula is C14H15BrN2O3S. The number of nitro benzene ring substituents is 1. The van der Waals surface area contributed by atoms with Crippen molar-refractivity contribution in [3.63, 3.8) is 0 Å². The molecule has 0 unspecified atom stereocenters. The summed E-state index contributed by atoms with van der Waals surface area (Å²) in [6, 6.07) is 8.65. The minimum Gasteiger partial charge on any atom is -0.488 e. The highest BCUT2D eigenvalue weighted by Crippen LogP contribution is 2.27. The van der Waals surface area contributed by atoms with Crippen molar-refractivity contribution in [2.24, 2.45) is 0 Å². The highest BCUT2D eigenvalue weighted by Gasteiger charge is 2.12. The van der Waals surface area contributed by atoms with Gasteiger partial charge in [0, 0.05) is 29.1 Å². The van der Waals surface area contributed by atoms with E-state index >= 15 is 0 Å². The van der Waals surface area contributed by atoms with Crippen molar-refractivity contribution in [1.82, 2.24) is 5.32 Å². The van der Waals surface area contributed by atoms with Gasteiger partial charge in [-0.15, -0.1) is 11.3 Å². The minimum atomic E-state index is -0.393. The van der Waals surface area contributed by atoms with E-state index in [0.717, 1.165) is 20.8 Å². The standard InChI is InChI=1S/C14H15BrN2O3S/c1-2-16-8-10-7-11(17(18)19)3-5-13(10)20-9-12-4-6-14(15)21-12/h3-7,16H,2,8-9H2,1H3. The average Bonchev–Trinajstić information content (AvgIpc) is 2.88. The zero-order valence-corrected chi connectivity index (χ0v) is 13.9. The highest BCUT2D eigenvalue weighted by molar-refractivity contribution is 9.11. The van der Waals surface area contributed by atoms with Crippen LogP contribution >= 0.6 is 27.3 Å². The lowest BCUT2D eigenvalue weighted by Crippen LogP contribution is -2.13. The molecule has 0 aliphatic rings. The Labute approximate surface area is 135 Å². The third-order valence-corrected chi connectivity index (χ3v) is 4.42. The number of nitro groups is 1. The maximum Gasteiger partial charge on any atom is 0.270 e. The summed E-state index contributed by atoms with van der Waals surface area (Å²) in [6.07, 6.45) is 0. The molecule has 0 saturated heterocycles. The molecule has 0 fully saturated rings. The number of rotatable bonds is 7. The van der Waals surface area contributed by atoms with Crippen LogP contribution in [0.15, 0.2) is 34.1 Å². The van der Waals surface area contributed by atoms with Crippen LogP contribution in [0.4, 0.5) is 5.69 Å². The minimum absolute atomic E-state index is 0.0779. The molecule has 0 bridgehead atoms. The quantitative estimate of drug-likeness (QED) is 0.588. The van der Waals surface area contributed by atoms with Crippen LogP contribution < -0.4 is 10.1 Å². The van der Waals surface area contributed by atoms with Gasteiger partial charge in [-0.1, -0.05) is 6.92 Å². The molecule has 0 aliphatic heterocycles. The molecule has 2 rings (SSSR count). The van der Waals surface area contributed by atoms with Crippen LogP contribution in [-0.2, 0) is 13.2 Å². The van der Waals surface area contributed by atoms with Crippen LogP contribution in [0.1, 0.15) is 17.4 Å². The van der Waals surface area contributed by atoms with Gasteiger partial charge in [0.2, 0.25) is 0 Å². The Morgan fingerprint density at radius 3 is 2.81 bits per heavy atom. The van der Waals surface area contributed by atoms with Crippen molar-refractivity contribution >= 4 is 33.0 Å². The Morgan fingerprint density at radius 1 is 1.38 bits per heavy atom. The van der Waals surface area contributed by atoms with E-state index in [1.54, 1.807) is 23.5 Å². The first-order valence-electron chi connectivity index (χ1n) is 6.45. The summed E-state index contributed by atoms with van der Waals surface area (Å²) in [5.41, 5.74) is 0.871. The number of nitrogens with one attached hydrogen (secondary N) is 1. The summed E-state index contributed by atoms with van der Waals surface area (Å²) < 4.78 is 6.85. The number of halogens is 1.